The minimum Gasteiger partial charge on any atom is -0.617 e. The summed E-state index contributed by atoms with van der Waals surface area (Å²) in [5.74, 6) is 2.80. The Labute approximate surface area is 252 Å². The first kappa shape index (κ1) is 28.7. The fourth-order valence-electron chi connectivity index (χ4n) is 5.14. The van der Waals surface area contributed by atoms with Crippen molar-refractivity contribution in [2.75, 3.05) is 43.6 Å². The van der Waals surface area contributed by atoms with Crippen molar-refractivity contribution in [2.24, 2.45) is 0 Å². The zero-order chi connectivity index (χ0) is 29.2. The molecule has 2 aromatic carbocycles. The van der Waals surface area contributed by atoms with Crippen LogP contribution in [0, 0.1) is 0 Å². The molecule has 4 aromatic rings. The topological polar surface area (TPSA) is 117 Å². The van der Waals surface area contributed by atoms with Gasteiger partial charge in [-0.3, -0.25) is 10.2 Å². The molecule has 4 heterocycles. The number of ether oxygens (including phenoxy) is 2. The third-order valence-corrected chi connectivity index (χ3v) is 9.28. The molecule has 2 aromatic heterocycles. The molecule has 220 valence electrons. The molecule has 0 saturated carbocycles. The zero-order valence-corrected chi connectivity index (χ0v) is 25.5. The highest BCUT2D eigenvalue weighted by Crippen LogP contribution is 2.42. The van der Waals surface area contributed by atoms with Gasteiger partial charge in [-0.15, -0.1) is 16.4 Å². The first-order valence-corrected chi connectivity index (χ1v) is 16.6. The van der Waals surface area contributed by atoms with Crippen LogP contribution in [0.1, 0.15) is 41.8 Å². The highest BCUT2D eigenvalue weighted by molar-refractivity contribution is 7.90. The van der Waals surface area contributed by atoms with Gasteiger partial charge in [0.2, 0.25) is 0 Å². The summed E-state index contributed by atoms with van der Waals surface area (Å²) in [6.07, 6.45) is 1.89. The van der Waals surface area contributed by atoms with E-state index >= 15 is 0 Å². The van der Waals surface area contributed by atoms with Crippen molar-refractivity contribution >= 4 is 34.6 Å². The Hall–Kier alpha value is -3.45. The van der Waals surface area contributed by atoms with Gasteiger partial charge < -0.3 is 14.0 Å². The Balaban J connectivity index is 1.19. The van der Waals surface area contributed by atoms with Crippen molar-refractivity contribution < 1.29 is 18.8 Å². The largest absolute Gasteiger partial charge is 0.617 e. The molecule has 0 bridgehead atoms. The van der Waals surface area contributed by atoms with Crippen LogP contribution in [0.2, 0.25) is 0 Å². The van der Waals surface area contributed by atoms with Gasteiger partial charge in [-0.05, 0) is 37.1 Å². The molecule has 2 aliphatic heterocycles. The molecule has 1 saturated heterocycles. The zero-order valence-electron chi connectivity index (χ0n) is 23.9. The maximum Gasteiger partial charge on any atom is 0.414 e. The quantitative estimate of drug-likeness (QED) is 0.261. The number of likely N-dealkylation sites (tertiary alicyclic amines) is 1. The smallest absolute Gasteiger partial charge is 0.414 e. The maximum absolute atomic E-state index is 12.5. The third kappa shape index (κ3) is 6.31. The van der Waals surface area contributed by atoms with Crippen LogP contribution in [0.4, 0.5) is 10.7 Å². The number of hydrogen-bond donors (Lipinski definition) is 1. The average Bonchev–Trinajstić information content (AvgIpc) is 3.52. The van der Waals surface area contributed by atoms with E-state index in [0.29, 0.717) is 18.3 Å². The number of nitrogens with zero attached hydrogens (tertiary/aromatic N) is 5. The summed E-state index contributed by atoms with van der Waals surface area (Å²) in [6.45, 7) is 7.59. The number of aromatic nitrogens is 4. The van der Waals surface area contributed by atoms with Gasteiger partial charge in [-0.1, -0.05) is 47.6 Å². The summed E-state index contributed by atoms with van der Waals surface area (Å²) in [5, 5.41) is 7.95. The Morgan fingerprint density at radius 1 is 1.21 bits per heavy atom. The lowest BCUT2D eigenvalue weighted by Crippen LogP contribution is -2.46. The number of nitrogens with one attached hydrogen (secondary N) is 1. The van der Waals surface area contributed by atoms with E-state index in [9.17, 15) is 9.35 Å². The highest BCUT2D eigenvalue weighted by atomic mass is 32.2. The number of fused-ring (bicyclic) bond motifs is 3. The van der Waals surface area contributed by atoms with Crippen molar-refractivity contribution in [3.63, 3.8) is 0 Å². The lowest BCUT2D eigenvalue weighted by atomic mass is 9.90. The van der Waals surface area contributed by atoms with Crippen LogP contribution >= 0.6 is 11.3 Å². The molecule has 0 aliphatic carbocycles. The Kier molecular flexibility index (Phi) is 8.48. The second-order valence-electron chi connectivity index (χ2n) is 10.9. The molecule has 0 radical (unpaired) electrons. The summed E-state index contributed by atoms with van der Waals surface area (Å²) in [7, 11) is 0. The van der Waals surface area contributed by atoms with Crippen LogP contribution < -0.4 is 10.1 Å². The van der Waals surface area contributed by atoms with E-state index < -0.39 is 17.3 Å². The standard InChI is InChI=1S/C30H34N6O4S2/c1-19(2)36-27(32-29(34-36)33-30(37)40-18-20-7-5-4-6-8-20)28-31-26-23-10-9-21(15-24(23)39-13-11-25(26)41-28)22-16-35(17-22)12-14-42(3)38/h4-10,15,19,22H,11-14,16-18H2,1-3H3,(H,33,34,37). The lowest BCUT2D eigenvalue weighted by Gasteiger charge is -2.39. The van der Waals surface area contributed by atoms with Crippen LogP contribution in [0.5, 0.6) is 5.75 Å². The summed E-state index contributed by atoms with van der Waals surface area (Å²) in [4.78, 5) is 25.6. The van der Waals surface area contributed by atoms with Crippen LogP contribution in [-0.4, -0.2) is 73.5 Å². The number of rotatable bonds is 9. The number of amides is 1. The SMILES string of the molecule is CC(C)n1nc(NC(=O)OCc2ccccc2)nc1-c1nc2c(s1)CCOc1cc(C3CN(CC[S+](C)[O-])C3)ccc1-2. The number of carbonyl (C=O) groups is 1. The normalized spacial score (nSPS) is 15.7. The molecule has 1 unspecified atom stereocenters. The van der Waals surface area contributed by atoms with E-state index in [1.54, 1.807) is 22.3 Å². The van der Waals surface area contributed by atoms with E-state index in [2.05, 4.69) is 38.5 Å². The van der Waals surface area contributed by atoms with Crippen LogP contribution in [0.25, 0.3) is 22.1 Å². The monoisotopic (exact) mass is 606 g/mol. The first-order chi connectivity index (χ1) is 20.3. The number of anilines is 1. The van der Waals surface area contributed by atoms with E-state index in [-0.39, 0.29) is 18.6 Å². The minimum atomic E-state index is -0.762. The number of benzene rings is 2. The average molecular weight is 607 g/mol. The summed E-state index contributed by atoms with van der Waals surface area (Å²) < 4.78 is 24.7. The molecule has 1 atom stereocenters. The Morgan fingerprint density at radius 3 is 2.79 bits per heavy atom. The molecule has 1 fully saturated rings. The summed E-state index contributed by atoms with van der Waals surface area (Å²) >= 11 is 0.819. The molecule has 12 heteroatoms. The highest BCUT2D eigenvalue weighted by Gasteiger charge is 2.30. The maximum atomic E-state index is 12.5. The van der Waals surface area contributed by atoms with Crippen molar-refractivity contribution in [1.82, 2.24) is 24.6 Å². The number of hydrogen-bond acceptors (Lipinski definition) is 9. The molecule has 1 amide bonds. The summed E-state index contributed by atoms with van der Waals surface area (Å²) in [5.41, 5.74) is 4.04. The van der Waals surface area contributed by atoms with Gasteiger partial charge in [0, 0.05) is 48.5 Å². The number of thiazole rings is 1. The third-order valence-electron chi connectivity index (χ3n) is 7.41. The van der Waals surface area contributed by atoms with E-state index in [4.69, 9.17) is 14.5 Å². The number of carbonyl (C=O) groups excluding carboxylic acids is 1. The van der Waals surface area contributed by atoms with Crippen molar-refractivity contribution in [1.29, 1.82) is 0 Å². The molecular formula is C30H34N6O4S2. The van der Waals surface area contributed by atoms with Gasteiger partial charge in [-0.25, -0.2) is 14.5 Å². The van der Waals surface area contributed by atoms with Crippen molar-refractivity contribution in [3.8, 4) is 27.8 Å². The van der Waals surface area contributed by atoms with Crippen molar-refractivity contribution in [3.05, 3.63) is 64.5 Å². The van der Waals surface area contributed by atoms with Gasteiger partial charge in [0.1, 0.15) is 18.1 Å². The second kappa shape index (κ2) is 12.4. The van der Waals surface area contributed by atoms with Gasteiger partial charge in [0.25, 0.3) is 5.95 Å². The Bertz CT molecular complexity index is 1550. The second-order valence-corrected chi connectivity index (χ2v) is 13.5. The molecule has 2 aliphatic rings. The minimum absolute atomic E-state index is 0.00429. The van der Waals surface area contributed by atoms with E-state index in [1.807, 2.05) is 44.2 Å². The van der Waals surface area contributed by atoms with Crippen LogP contribution in [0.15, 0.2) is 48.5 Å². The summed E-state index contributed by atoms with van der Waals surface area (Å²) in [6, 6.07) is 16.0. The van der Waals surface area contributed by atoms with Gasteiger partial charge in [-0.2, -0.15) is 4.98 Å². The Morgan fingerprint density at radius 2 is 2.02 bits per heavy atom. The van der Waals surface area contributed by atoms with Crippen molar-refractivity contribution in [2.45, 2.75) is 38.8 Å². The van der Waals surface area contributed by atoms with E-state index in [1.165, 1.54) is 5.56 Å². The molecule has 6 rings (SSSR count). The fraction of sp³-hybridized carbons (Fsp3) is 0.400. The molecule has 42 heavy (non-hydrogen) atoms. The molecule has 10 nitrogen and oxygen atoms in total. The lowest BCUT2D eigenvalue weighted by molar-refractivity contribution is 0.155. The predicted molar refractivity (Wildman–Crippen MR) is 165 cm³/mol. The first-order valence-electron chi connectivity index (χ1n) is 14.1. The molecule has 1 N–H and O–H groups in total. The van der Waals surface area contributed by atoms with Gasteiger partial charge in [0.15, 0.2) is 10.8 Å². The molecular weight excluding hydrogens is 573 g/mol. The van der Waals surface area contributed by atoms with E-state index in [0.717, 1.165) is 64.3 Å². The van der Waals surface area contributed by atoms with Gasteiger partial charge in [0.05, 0.1) is 18.6 Å². The predicted octanol–water partition coefficient (Wildman–Crippen LogP) is 5.11. The van der Waals surface area contributed by atoms with Gasteiger partial charge >= 0.3 is 6.09 Å². The fourth-order valence-corrected chi connectivity index (χ4v) is 6.70. The van der Waals surface area contributed by atoms with Crippen LogP contribution in [-0.2, 0) is 28.9 Å². The molecule has 0 spiro atoms. The van der Waals surface area contributed by atoms with Crippen LogP contribution in [0.3, 0.4) is 0 Å².